The summed E-state index contributed by atoms with van der Waals surface area (Å²) in [5, 5.41) is 0. The standard InChI is InChI=1S/C20H18O3/c1-2-6-18-19(23-14-15-7-4-3-5-8-15)10-9-17-16(13-21)11-12-22-20(17)18/h2-5,7-13,16H,1,6,14H2. The molecule has 1 aliphatic heterocycles. The van der Waals surface area contributed by atoms with Gasteiger partial charge in [0, 0.05) is 11.1 Å². The number of carbonyl (C=O) groups excluding carboxylic acids is 1. The topological polar surface area (TPSA) is 35.5 Å². The first-order chi connectivity index (χ1) is 11.3. The van der Waals surface area contributed by atoms with E-state index >= 15 is 0 Å². The molecule has 0 amide bonds. The molecule has 0 bridgehead atoms. The van der Waals surface area contributed by atoms with Gasteiger partial charge in [-0.3, -0.25) is 0 Å². The molecule has 2 aromatic carbocycles. The van der Waals surface area contributed by atoms with Crippen LogP contribution >= 0.6 is 0 Å². The fraction of sp³-hybridized carbons (Fsp3) is 0.150. The average molecular weight is 306 g/mol. The summed E-state index contributed by atoms with van der Waals surface area (Å²) in [7, 11) is 0. The molecule has 3 heteroatoms. The second-order valence-corrected chi connectivity index (χ2v) is 5.34. The zero-order chi connectivity index (χ0) is 16.1. The van der Waals surface area contributed by atoms with Crippen LogP contribution in [0, 0.1) is 0 Å². The first kappa shape index (κ1) is 15.1. The van der Waals surface area contributed by atoms with Gasteiger partial charge < -0.3 is 14.3 Å². The smallest absolute Gasteiger partial charge is 0.137 e. The Balaban J connectivity index is 1.91. The minimum Gasteiger partial charge on any atom is -0.488 e. The predicted octanol–water partition coefficient (Wildman–Crippen LogP) is 4.18. The van der Waals surface area contributed by atoms with E-state index in [2.05, 4.69) is 6.58 Å². The molecule has 0 spiro atoms. The maximum atomic E-state index is 11.2. The minimum absolute atomic E-state index is 0.273. The van der Waals surface area contributed by atoms with Gasteiger partial charge in [0.15, 0.2) is 0 Å². The molecule has 3 nitrogen and oxygen atoms in total. The summed E-state index contributed by atoms with van der Waals surface area (Å²) in [6, 6.07) is 13.8. The number of carbonyl (C=O) groups is 1. The van der Waals surface area contributed by atoms with E-state index in [0.717, 1.165) is 28.7 Å². The Labute approximate surface area is 135 Å². The molecule has 0 aliphatic carbocycles. The van der Waals surface area contributed by atoms with Crippen LogP contribution in [-0.2, 0) is 17.8 Å². The summed E-state index contributed by atoms with van der Waals surface area (Å²) in [6.07, 6.45) is 6.65. The normalized spacial score (nSPS) is 15.4. The number of hydrogen-bond donors (Lipinski definition) is 0. The van der Waals surface area contributed by atoms with Gasteiger partial charge in [-0.15, -0.1) is 6.58 Å². The third kappa shape index (κ3) is 3.19. The lowest BCUT2D eigenvalue weighted by Gasteiger charge is -2.22. The second kappa shape index (κ2) is 6.97. The van der Waals surface area contributed by atoms with E-state index in [9.17, 15) is 4.79 Å². The maximum absolute atomic E-state index is 11.2. The van der Waals surface area contributed by atoms with Gasteiger partial charge in [-0.05, 0) is 24.1 Å². The molecule has 116 valence electrons. The van der Waals surface area contributed by atoms with Crippen LogP contribution in [0.5, 0.6) is 11.5 Å². The number of ether oxygens (including phenoxy) is 2. The average Bonchev–Trinajstić information content (AvgIpc) is 2.61. The van der Waals surface area contributed by atoms with Gasteiger partial charge in [-0.1, -0.05) is 42.5 Å². The van der Waals surface area contributed by atoms with E-state index in [-0.39, 0.29) is 5.92 Å². The molecule has 1 atom stereocenters. The molecule has 0 N–H and O–H groups in total. The highest BCUT2D eigenvalue weighted by Crippen LogP contribution is 2.39. The van der Waals surface area contributed by atoms with E-state index in [1.807, 2.05) is 48.5 Å². The monoisotopic (exact) mass is 306 g/mol. The fourth-order valence-corrected chi connectivity index (χ4v) is 2.65. The lowest BCUT2D eigenvalue weighted by molar-refractivity contribution is -0.108. The third-order valence-corrected chi connectivity index (χ3v) is 3.81. The van der Waals surface area contributed by atoms with Gasteiger partial charge >= 0.3 is 0 Å². The van der Waals surface area contributed by atoms with E-state index in [0.29, 0.717) is 18.8 Å². The Kier molecular flexibility index (Phi) is 4.57. The molecule has 0 saturated carbocycles. The number of rotatable bonds is 6. The Morgan fingerprint density at radius 3 is 2.74 bits per heavy atom. The van der Waals surface area contributed by atoms with Crippen LogP contribution < -0.4 is 9.47 Å². The largest absolute Gasteiger partial charge is 0.488 e. The van der Waals surface area contributed by atoms with Crippen LogP contribution in [0.25, 0.3) is 0 Å². The molecule has 0 radical (unpaired) electrons. The zero-order valence-corrected chi connectivity index (χ0v) is 12.8. The summed E-state index contributed by atoms with van der Waals surface area (Å²) < 4.78 is 11.6. The molecular formula is C20H18O3. The van der Waals surface area contributed by atoms with Gasteiger partial charge in [-0.25, -0.2) is 0 Å². The summed E-state index contributed by atoms with van der Waals surface area (Å²) >= 11 is 0. The van der Waals surface area contributed by atoms with Crippen LogP contribution in [-0.4, -0.2) is 6.29 Å². The molecule has 0 aromatic heterocycles. The summed E-state index contributed by atoms with van der Waals surface area (Å²) in [5.41, 5.74) is 2.89. The van der Waals surface area contributed by atoms with Crippen molar-refractivity contribution >= 4 is 6.29 Å². The second-order valence-electron chi connectivity index (χ2n) is 5.34. The van der Waals surface area contributed by atoms with Crippen molar-refractivity contribution in [2.24, 2.45) is 0 Å². The third-order valence-electron chi connectivity index (χ3n) is 3.81. The molecule has 2 aromatic rings. The number of benzene rings is 2. The van der Waals surface area contributed by atoms with Crippen molar-refractivity contribution in [3.63, 3.8) is 0 Å². The van der Waals surface area contributed by atoms with Crippen molar-refractivity contribution in [3.05, 3.63) is 84.1 Å². The van der Waals surface area contributed by atoms with Gasteiger partial charge in [-0.2, -0.15) is 0 Å². The summed E-state index contributed by atoms with van der Waals surface area (Å²) in [4.78, 5) is 11.2. The van der Waals surface area contributed by atoms with Gasteiger partial charge in [0.25, 0.3) is 0 Å². The number of allylic oxidation sites excluding steroid dienone is 2. The molecule has 0 saturated heterocycles. The lowest BCUT2D eigenvalue weighted by Crippen LogP contribution is -2.09. The van der Waals surface area contributed by atoms with Crippen LogP contribution in [0.4, 0.5) is 0 Å². The Morgan fingerprint density at radius 1 is 1.17 bits per heavy atom. The SMILES string of the molecule is C=CCc1c(OCc2ccccc2)ccc2c1OC=CC2C=O. The van der Waals surface area contributed by atoms with Gasteiger partial charge in [0.2, 0.25) is 0 Å². The first-order valence-corrected chi connectivity index (χ1v) is 7.55. The Bertz CT molecular complexity index is 732. The van der Waals surface area contributed by atoms with Crippen LogP contribution in [0.3, 0.4) is 0 Å². The Morgan fingerprint density at radius 2 is 2.00 bits per heavy atom. The first-order valence-electron chi connectivity index (χ1n) is 7.55. The van der Waals surface area contributed by atoms with E-state index in [1.54, 1.807) is 12.3 Å². The van der Waals surface area contributed by atoms with Crippen molar-refractivity contribution in [2.45, 2.75) is 18.9 Å². The Hall–Kier alpha value is -2.81. The van der Waals surface area contributed by atoms with E-state index < -0.39 is 0 Å². The molecule has 1 aliphatic rings. The molecular weight excluding hydrogens is 288 g/mol. The highest BCUT2D eigenvalue weighted by Gasteiger charge is 2.22. The van der Waals surface area contributed by atoms with Gasteiger partial charge in [0.05, 0.1) is 12.2 Å². The van der Waals surface area contributed by atoms with Crippen LogP contribution in [0.2, 0.25) is 0 Å². The van der Waals surface area contributed by atoms with Crippen molar-refractivity contribution in [1.82, 2.24) is 0 Å². The highest BCUT2D eigenvalue weighted by molar-refractivity contribution is 5.70. The van der Waals surface area contributed by atoms with E-state index in [4.69, 9.17) is 9.47 Å². The van der Waals surface area contributed by atoms with Crippen molar-refractivity contribution in [1.29, 1.82) is 0 Å². The maximum Gasteiger partial charge on any atom is 0.137 e. The van der Waals surface area contributed by atoms with Gasteiger partial charge in [0.1, 0.15) is 24.4 Å². The number of hydrogen-bond acceptors (Lipinski definition) is 3. The molecule has 3 rings (SSSR count). The summed E-state index contributed by atoms with van der Waals surface area (Å²) in [5.74, 6) is 1.19. The predicted molar refractivity (Wildman–Crippen MR) is 89.7 cm³/mol. The molecule has 1 heterocycles. The van der Waals surface area contributed by atoms with Crippen molar-refractivity contribution in [2.75, 3.05) is 0 Å². The minimum atomic E-state index is -0.273. The molecule has 23 heavy (non-hydrogen) atoms. The van der Waals surface area contributed by atoms with Crippen molar-refractivity contribution in [3.8, 4) is 11.5 Å². The lowest BCUT2D eigenvalue weighted by atomic mass is 9.94. The fourth-order valence-electron chi connectivity index (χ4n) is 2.65. The number of fused-ring (bicyclic) bond motifs is 1. The molecule has 0 fully saturated rings. The number of aldehydes is 1. The zero-order valence-electron chi connectivity index (χ0n) is 12.8. The van der Waals surface area contributed by atoms with E-state index in [1.165, 1.54) is 0 Å². The molecule has 1 unspecified atom stereocenters. The van der Waals surface area contributed by atoms with Crippen molar-refractivity contribution < 1.29 is 14.3 Å². The van der Waals surface area contributed by atoms with Crippen LogP contribution in [0.1, 0.15) is 22.6 Å². The highest BCUT2D eigenvalue weighted by atomic mass is 16.5. The quantitative estimate of drug-likeness (QED) is 0.593. The summed E-state index contributed by atoms with van der Waals surface area (Å²) in [6.45, 7) is 4.29. The van der Waals surface area contributed by atoms with Crippen LogP contribution in [0.15, 0.2) is 67.5 Å².